The van der Waals surface area contributed by atoms with Crippen molar-refractivity contribution in [3.05, 3.63) is 0 Å². The molecule has 1 rings (SSSR count). The summed E-state index contributed by atoms with van der Waals surface area (Å²) in [5.41, 5.74) is 0. The second-order valence-corrected chi connectivity index (χ2v) is 1.62. The number of hydrogen-bond donors (Lipinski definition) is 0. The zero-order valence-electron chi connectivity index (χ0n) is 4.73. The van der Waals surface area contributed by atoms with Crippen LogP contribution in [0.2, 0.25) is 0 Å². The number of nitrogens with zero attached hydrogens (tertiary/aromatic N) is 1. The Morgan fingerprint density at radius 3 is 2.25 bits per heavy atom. The lowest BCUT2D eigenvalue weighted by atomic mass is 10.7. The first-order valence-corrected chi connectivity index (χ1v) is 8.59. The van der Waals surface area contributed by atoms with Crippen LogP contribution >= 0.6 is 37.2 Å². The maximum Gasteiger partial charge on any atom is 0.0989 e. The summed E-state index contributed by atoms with van der Waals surface area (Å²) < 4.78 is 4.98. The summed E-state index contributed by atoms with van der Waals surface area (Å²) in [6.07, 6.45) is 0. The summed E-state index contributed by atoms with van der Waals surface area (Å²) in [5, 5.41) is 0. The molecule has 4 heteroatoms. The van der Waals surface area contributed by atoms with Gasteiger partial charge in [0.25, 0.3) is 0 Å². The van der Waals surface area contributed by atoms with E-state index in [2.05, 4.69) is 42.1 Å². The minimum Gasteiger partial charge on any atom is -0.365 e. The lowest BCUT2D eigenvalue weighted by Crippen LogP contribution is -2.11. The van der Waals surface area contributed by atoms with Crippen molar-refractivity contribution in [2.24, 2.45) is 0 Å². The van der Waals surface area contributed by atoms with Crippen LogP contribution in [0.4, 0.5) is 0 Å². The molecule has 0 aliphatic carbocycles. The molecule has 1 saturated heterocycles. The highest BCUT2D eigenvalue weighted by Crippen LogP contribution is 1.91. The molecule has 0 saturated carbocycles. The quantitative estimate of drug-likeness (QED) is 0.622. The predicted molar refractivity (Wildman–Crippen MR) is 51.5 cm³/mol. The van der Waals surface area contributed by atoms with Crippen LogP contribution in [-0.4, -0.2) is 31.8 Å². The molecule has 0 bridgehead atoms. The molecule has 1 aliphatic heterocycles. The van der Waals surface area contributed by atoms with Crippen molar-refractivity contribution in [2.75, 3.05) is 26.9 Å². The van der Waals surface area contributed by atoms with Crippen LogP contribution in [0.25, 0.3) is 0 Å². The Morgan fingerprint density at radius 2 is 2.12 bits per heavy atom. The molecule has 0 aromatic carbocycles. The molecule has 2 nitrogen and oxygen atoms in total. The second kappa shape index (κ2) is 6.50. The van der Waals surface area contributed by atoms with Gasteiger partial charge in [-0.15, -0.1) is 0 Å². The van der Waals surface area contributed by atoms with Crippen molar-refractivity contribution in [1.82, 2.24) is 4.90 Å². The SMILES string of the molecule is CN1CCOC1.II. The van der Waals surface area contributed by atoms with E-state index in [1.807, 2.05) is 7.05 Å². The number of rotatable bonds is 0. The Morgan fingerprint density at radius 1 is 1.50 bits per heavy atom. The topological polar surface area (TPSA) is 12.5 Å². The normalized spacial score (nSPS) is 19.9. The minimum atomic E-state index is 0.819. The van der Waals surface area contributed by atoms with E-state index in [1.165, 1.54) is 0 Å². The van der Waals surface area contributed by atoms with Crippen LogP contribution in [0.5, 0.6) is 0 Å². The zero-order valence-corrected chi connectivity index (χ0v) is 9.05. The summed E-state index contributed by atoms with van der Waals surface area (Å²) in [7, 11) is 2.05. The van der Waals surface area contributed by atoms with Gasteiger partial charge in [0.2, 0.25) is 0 Å². The summed E-state index contributed by atoms with van der Waals surface area (Å²) in [6, 6.07) is 0. The van der Waals surface area contributed by atoms with Crippen LogP contribution in [0.1, 0.15) is 0 Å². The smallest absolute Gasteiger partial charge is 0.0989 e. The molecule has 0 amide bonds. The van der Waals surface area contributed by atoms with E-state index in [0.29, 0.717) is 0 Å². The van der Waals surface area contributed by atoms with Crippen molar-refractivity contribution in [3.8, 4) is 0 Å². The van der Waals surface area contributed by atoms with Gasteiger partial charge in [0.15, 0.2) is 0 Å². The highest BCUT2D eigenvalue weighted by Gasteiger charge is 2.03. The Balaban J connectivity index is 0.000000222. The average Bonchev–Trinajstić information content (AvgIpc) is 2.24. The molecular weight excluding hydrogens is 332 g/mol. The van der Waals surface area contributed by atoms with Crippen molar-refractivity contribution in [3.63, 3.8) is 0 Å². The molecule has 8 heavy (non-hydrogen) atoms. The Kier molecular flexibility index (Phi) is 7.62. The van der Waals surface area contributed by atoms with Gasteiger partial charge in [0, 0.05) is 43.8 Å². The average molecular weight is 341 g/mol. The molecule has 0 N–H and O–H groups in total. The highest BCUT2D eigenvalue weighted by atomic mass is 128. The van der Waals surface area contributed by atoms with Gasteiger partial charge in [-0.2, -0.15) is 0 Å². The molecule has 1 aliphatic rings. The van der Waals surface area contributed by atoms with E-state index in [1.54, 1.807) is 0 Å². The van der Waals surface area contributed by atoms with E-state index in [0.717, 1.165) is 19.9 Å². The van der Waals surface area contributed by atoms with Crippen LogP contribution in [-0.2, 0) is 4.74 Å². The number of halogens is 2. The van der Waals surface area contributed by atoms with E-state index in [4.69, 9.17) is 4.74 Å². The van der Waals surface area contributed by atoms with Gasteiger partial charge < -0.3 is 4.74 Å². The molecule has 0 spiro atoms. The van der Waals surface area contributed by atoms with E-state index in [9.17, 15) is 0 Å². The van der Waals surface area contributed by atoms with Gasteiger partial charge in [-0.25, -0.2) is 0 Å². The van der Waals surface area contributed by atoms with Crippen LogP contribution in [0.3, 0.4) is 0 Å². The van der Waals surface area contributed by atoms with Crippen molar-refractivity contribution < 1.29 is 4.74 Å². The van der Waals surface area contributed by atoms with E-state index < -0.39 is 0 Å². The molecule has 50 valence electrons. The van der Waals surface area contributed by atoms with Crippen LogP contribution in [0, 0.1) is 0 Å². The fourth-order valence-electron chi connectivity index (χ4n) is 0.505. The fraction of sp³-hybridized carbons (Fsp3) is 1.00. The summed E-state index contributed by atoms with van der Waals surface area (Å²) in [4.78, 5) is 2.14. The highest BCUT2D eigenvalue weighted by molar-refractivity contribution is 15.0. The van der Waals surface area contributed by atoms with Gasteiger partial charge in [-0.05, 0) is 7.05 Å². The first kappa shape index (κ1) is 9.38. The lowest BCUT2D eigenvalue weighted by molar-refractivity contribution is 0.154. The number of hydrogen-bond acceptors (Lipinski definition) is 2. The van der Waals surface area contributed by atoms with Crippen LogP contribution < -0.4 is 0 Å². The second-order valence-electron chi connectivity index (χ2n) is 1.62. The third-order valence-electron chi connectivity index (χ3n) is 0.929. The van der Waals surface area contributed by atoms with Crippen molar-refractivity contribution in [2.45, 2.75) is 0 Å². The van der Waals surface area contributed by atoms with Crippen molar-refractivity contribution in [1.29, 1.82) is 0 Å². The molecule has 0 radical (unpaired) electrons. The maximum absolute atomic E-state index is 4.98. The number of ether oxygens (including phenoxy) is 1. The maximum atomic E-state index is 4.98. The largest absolute Gasteiger partial charge is 0.365 e. The van der Waals surface area contributed by atoms with Crippen molar-refractivity contribution >= 4 is 37.2 Å². The van der Waals surface area contributed by atoms with Gasteiger partial charge in [0.1, 0.15) is 0 Å². The number of likely N-dealkylation sites (N-methyl/N-ethyl adjacent to an activating group) is 1. The molecule has 0 aromatic rings. The summed E-state index contributed by atoms with van der Waals surface area (Å²) >= 11 is 4.24. The standard InChI is InChI=1S/C4H9NO.I2/c1-5-2-3-6-4-5;1-2/h2-4H2,1H3;. The molecule has 1 fully saturated rings. The molecule has 0 atom stereocenters. The Hall–Kier alpha value is 1.38. The van der Waals surface area contributed by atoms with Crippen LogP contribution in [0.15, 0.2) is 0 Å². The first-order chi connectivity index (χ1) is 3.89. The van der Waals surface area contributed by atoms with Gasteiger partial charge in [-0.3, -0.25) is 4.90 Å². The monoisotopic (exact) mass is 341 g/mol. The van der Waals surface area contributed by atoms with E-state index in [-0.39, 0.29) is 0 Å². The van der Waals surface area contributed by atoms with Gasteiger partial charge >= 0.3 is 0 Å². The fourth-order valence-corrected chi connectivity index (χ4v) is 0.505. The molecule has 0 aromatic heterocycles. The summed E-state index contributed by atoms with van der Waals surface area (Å²) in [6.45, 7) is 2.83. The van der Waals surface area contributed by atoms with Gasteiger partial charge in [0.05, 0.1) is 13.3 Å². The third kappa shape index (κ3) is 4.28. The minimum absolute atomic E-state index is 0.819. The Labute approximate surface area is 73.3 Å². The van der Waals surface area contributed by atoms with E-state index >= 15 is 0 Å². The van der Waals surface area contributed by atoms with Gasteiger partial charge in [-0.1, -0.05) is 0 Å². The third-order valence-corrected chi connectivity index (χ3v) is 0.929. The molecular formula is C4H9I2NO. The molecule has 1 heterocycles. The predicted octanol–water partition coefficient (Wildman–Crippen LogP) is 1.68. The first-order valence-electron chi connectivity index (χ1n) is 2.30. The zero-order chi connectivity index (χ0) is 6.41. The summed E-state index contributed by atoms with van der Waals surface area (Å²) in [5.74, 6) is 0. The molecule has 0 unspecified atom stereocenters. The Bertz CT molecular complexity index is 47.3. The lowest BCUT2D eigenvalue weighted by Gasteiger charge is -1.98.